The van der Waals surface area contributed by atoms with Crippen LogP contribution in [-0.2, 0) is 14.8 Å². The van der Waals surface area contributed by atoms with E-state index in [0.717, 1.165) is 25.7 Å². The van der Waals surface area contributed by atoms with Crippen molar-refractivity contribution in [1.29, 1.82) is 0 Å². The third-order valence-corrected chi connectivity index (χ3v) is 8.79. The van der Waals surface area contributed by atoms with Crippen molar-refractivity contribution >= 4 is 44.7 Å². The van der Waals surface area contributed by atoms with Crippen LogP contribution in [0.15, 0.2) is 62.1 Å². The van der Waals surface area contributed by atoms with E-state index in [1.54, 1.807) is 11.6 Å². The normalized spacial score (nSPS) is 15.6. The molecule has 12 heteroatoms. The van der Waals surface area contributed by atoms with Gasteiger partial charge in [0.2, 0.25) is 15.9 Å². The predicted octanol–water partition coefficient (Wildman–Crippen LogP) is 4.01. The second kappa shape index (κ2) is 9.61. The van der Waals surface area contributed by atoms with Crippen LogP contribution in [0.1, 0.15) is 12.8 Å². The molecule has 168 valence electrons. The Balaban J connectivity index is 1.41. The number of hydrogen-bond acceptors (Lipinski definition) is 7. The zero-order chi connectivity index (χ0) is 22.7. The number of anilines is 1. The summed E-state index contributed by atoms with van der Waals surface area (Å²) in [6.45, 7) is 0.0785. The summed E-state index contributed by atoms with van der Waals surface area (Å²) in [6.07, 6.45) is 0.543. The van der Waals surface area contributed by atoms with E-state index in [1.165, 1.54) is 23.1 Å². The second-order valence-corrected chi connectivity index (χ2v) is 11.1. The lowest BCUT2D eigenvalue weighted by molar-refractivity contribution is -0.120. The fourth-order valence-corrected chi connectivity index (χ4v) is 6.43. The third-order valence-electron chi connectivity index (χ3n) is 5.02. The minimum atomic E-state index is -4.19. The summed E-state index contributed by atoms with van der Waals surface area (Å²) in [5.41, 5.74) is 2.26. The standard InChI is InChI=1S/C20H18F2N4O3S3/c21-14-5-6-15(22)18(11-14)32(28,29)26-9-7-13(8-10-26)19(27)24-16-3-1-2-4-17(16)31-20-25-23-12-30-20/h1-6,11-13H,7-10H2,(H,24,27). The summed E-state index contributed by atoms with van der Waals surface area (Å²) >= 11 is 2.78. The number of carbonyl (C=O) groups excluding carboxylic acids is 1. The second-order valence-electron chi connectivity index (χ2n) is 7.05. The molecule has 1 aliphatic rings. The van der Waals surface area contributed by atoms with Crippen LogP contribution in [0, 0.1) is 17.6 Å². The van der Waals surface area contributed by atoms with Gasteiger partial charge in [-0.2, -0.15) is 4.31 Å². The van der Waals surface area contributed by atoms with Crippen molar-refractivity contribution < 1.29 is 22.0 Å². The topological polar surface area (TPSA) is 92.3 Å². The fraction of sp³-hybridized carbons (Fsp3) is 0.250. The van der Waals surface area contributed by atoms with Crippen LogP contribution in [0.4, 0.5) is 14.5 Å². The van der Waals surface area contributed by atoms with Gasteiger partial charge in [-0.25, -0.2) is 17.2 Å². The van der Waals surface area contributed by atoms with E-state index in [9.17, 15) is 22.0 Å². The Morgan fingerprint density at radius 1 is 1.16 bits per heavy atom. The molecule has 1 fully saturated rings. The lowest BCUT2D eigenvalue weighted by Crippen LogP contribution is -2.41. The molecular weight excluding hydrogens is 478 g/mol. The first kappa shape index (κ1) is 22.8. The number of para-hydroxylation sites is 1. The number of benzene rings is 2. The van der Waals surface area contributed by atoms with Crippen molar-refractivity contribution in [1.82, 2.24) is 14.5 Å². The minimum Gasteiger partial charge on any atom is -0.325 e. The lowest BCUT2D eigenvalue weighted by Gasteiger charge is -2.30. The summed E-state index contributed by atoms with van der Waals surface area (Å²) in [4.78, 5) is 13.0. The summed E-state index contributed by atoms with van der Waals surface area (Å²) in [5, 5.41) is 10.7. The molecule has 32 heavy (non-hydrogen) atoms. The molecule has 7 nitrogen and oxygen atoms in total. The van der Waals surface area contributed by atoms with Crippen molar-refractivity contribution in [3.63, 3.8) is 0 Å². The largest absolute Gasteiger partial charge is 0.325 e. The SMILES string of the molecule is O=C(Nc1ccccc1Sc1nncs1)C1CCN(S(=O)(=O)c2cc(F)ccc2F)CC1. The zero-order valence-electron chi connectivity index (χ0n) is 16.6. The highest BCUT2D eigenvalue weighted by Gasteiger charge is 2.34. The van der Waals surface area contributed by atoms with E-state index in [1.807, 2.05) is 18.2 Å². The van der Waals surface area contributed by atoms with Gasteiger partial charge in [0.1, 0.15) is 22.0 Å². The number of piperidine rings is 1. The first-order valence-electron chi connectivity index (χ1n) is 9.64. The number of sulfonamides is 1. The van der Waals surface area contributed by atoms with Gasteiger partial charge < -0.3 is 5.32 Å². The molecule has 0 saturated carbocycles. The molecule has 1 N–H and O–H groups in total. The molecule has 1 aliphatic heterocycles. The highest BCUT2D eigenvalue weighted by Crippen LogP contribution is 2.34. The van der Waals surface area contributed by atoms with Gasteiger partial charge in [0, 0.05) is 23.9 Å². The highest BCUT2D eigenvalue weighted by atomic mass is 32.2. The number of carbonyl (C=O) groups is 1. The van der Waals surface area contributed by atoms with Gasteiger partial charge in [0.25, 0.3) is 0 Å². The molecule has 0 aliphatic carbocycles. The number of nitrogens with zero attached hydrogens (tertiary/aromatic N) is 3. The molecule has 0 atom stereocenters. The number of amides is 1. The van der Waals surface area contributed by atoms with E-state index in [0.29, 0.717) is 11.8 Å². The molecule has 0 radical (unpaired) electrons. The molecule has 2 heterocycles. The molecule has 4 rings (SSSR count). The van der Waals surface area contributed by atoms with E-state index in [-0.39, 0.29) is 31.8 Å². The Labute approximate surface area is 191 Å². The Hall–Kier alpha value is -2.41. The Morgan fingerprint density at radius 3 is 2.62 bits per heavy atom. The Bertz CT molecular complexity index is 1210. The van der Waals surface area contributed by atoms with Crippen LogP contribution in [-0.4, -0.2) is 41.9 Å². The van der Waals surface area contributed by atoms with Gasteiger partial charge in [-0.05, 0) is 43.2 Å². The summed E-state index contributed by atoms with van der Waals surface area (Å²) in [7, 11) is -4.19. The number of aromatic nitrogens is 2. The Kier molecular flexibility index (Phi) is 6.84. The maximum atomic E-state index is 14.0. The molecule has 1 saturated heterocycles. The maximum Gasteiger partial charge on any atom is 0.246 e. The van der Waals surface area contributed by atoms with Crippen LogP contribution in [0.2, 0.25) is 0 Å². The van der Waals surface area contributed by atoms with Crippen LogP contribution in [0.25, 0.3) is 0 Å². The summed E-state index contributed by atoms with van der Waals surface area (Å²) in [5.74, 6) is -2.46. The number of nitrogens with one attached hydrogen (secondary N) is 1. The average Bonchev–Trinajstić information content (AvgIpc) is 3.30. The highest BCUT2D eigenvalue weighted by molar-refractivity contribution is 8.01. The molecule has 1 amide bonds. The van der Waals surface area contributed by atoms with Crippen LogP contribution in [0.5, 0.6) is 0 Å². The van der Waals surface area contributed by atoms with Crippen molar-refractivity contribution in [3.8, 4) is 0 Å². The van der Waals surface area contributed by atoms with Gasteiger partial charge in [0.05, 0.1) is 5.69 Å². The van der Waals surface area contributed by atoms with Crippen molar-refractivity contribution in [2.24, 2.45) is 5.92 Å². The van der Waals surface area contributed by atoms with Gasteiger partial charge >= 0.3 is 0 Å². The van der Waals surface area contributed by atoms with Gasteiger partial charge in [-0.3, -0.25) is 4.79 Å². The zero-order valence-corrected chi connectivity index (χ0v) is 19.0. The molecule has 2 aromatic carbocycles. The van der Waals surface area contributed by atoms with Gasteiger partial charge in [0.15, 0.2) is 4.34 Å². The average molecular weight is 497 g/mol. The van der Waals surface area contributed by atoms with Crippen molar-refractivity contribution in [2.45, 2.75) is 27.0 Å². The summed E-state index contributed by atoms with van der Waals surface area (Å²) < 4.78 is 54.8. The first-order valence-corrected chi connectivity index (χ1v) is 12.8. The predicted molar refractivity (Wildman–Crippen MR) is 117 cm³/mol. The molecule has 3 aromatic rings. The van der Waals surface area contributed by atoms with E-state index < -0.39 is 32.5 Å². The van der Waals surface area contributed by atoms with E-state index >= 15 is 0 Å². The molecular formula is C20H18F2N4O3S3. The Morgan fingerprint density at radius 2 is 1.91 bits per heavy atom. The quantitative estimate of drug-likeness (QED) is 0.555. The summed E-state index contributed by atoms with van der Waals surface area (Å²) in [6, 6.07) is 9.65. The van der Waals surface area contributed by atoms with Gasteiger partial charge in [-0.15, -0.1) is 10.2 Å². The number of rotatable bonds is 6. The molecule has 0 spiro atoms. The molecule has 0 bridgehead atoms. The third kappa shape index (κ3) is 4.98. The van der Waals surface area contributed by atoms with Crippen molar-refractivity contribution in [3.05, 3.63) is 59.6 Å². The van der Waals surface area contributed by atoms with E-state index in [2.05, 4.69) is 15.5 Å². The smallest absolute Gasteiger partial charge is 0.246 e. The van der Waals surface area contributed by atoms with Crippen LogP contribution < -0.4 is 5.32 Å². The lowest BCUT2D eigenvalue weighted by atomic mass is 9.97. The maximum absolute atomic E-state index is 14.0. The van der Waals surface area contributed by atoms with Crippen molar-refractivity contribution in [2.75, 3.05) is 18.4 Å². The first-order chi connectivity index (χ1) is 15.3. The van der Waals surface area contributed by atoms with Crippen LogP contribution in [0.3, 0.4) is 0 Å². The number of halogens is 2. The molecule has 1 aromatic heterocycles. The number of hydrogen-bond donors (Lipinski definition) is 1. The fourth-order valence-electron chi connectivity index (χ4n) is 3.37. The van der Waals surface area contributed by atoms with E-state index in [4.69, 9.17) is 0 Å². The minimum absolute atomic E-state index is 0.0392. The van der Waals surface area contributed by atoms with Crippen LogP contribution >= 0.6 is 23.1 Å². The monoisotopic (exact) mass is 496 g/mol. The molecule has 0 unspecified atom stereocenters. The van der Waals surface area contributed by atoms with Gasteiger partial charge in [-0.1, -0.05) is 35.2 Å².